The van der Waals surface area contributed by atoms with E-state index in [4.69, 9.17) is 16.0 Å². The Balaban J connectivity index is 1.61. The molecule has 0 bridgehead atoms. The van der Waals surface area contributed by atoms with Crippen LogP contribution in [0.25, 0.3) is 22.9 Å². The highest BCUT2D eigenvalue weighted by atomic mass is 35.5. The molecule has 0 aliphatic carbocycles. The number of pyridine rings is 1. The average molecular weight is 366 g/mol. The lowest BCUT2D eigenvalue weighted by molar-refractivity contribution is 0.156. The van der Waals surface area contributed by atoms with Gasteiger partial charge in [0.15, 0.2) is 11.6 Å². The van der Waals surface area contributed by atoms with E-state index in [1.165, 1.54) is 0 Å². The summed E-state index contributed by atoms with van der Waals surface area (Å²) in [5.74, 6) is 1.93. The summed E-state index contributed by atoms with van der Waals surface area (Å²) in [6.07, 6.45) is 6.15. The molecule has 0 spiro atoms. The Morgan fingerprint density at radius 1 is 1.04 bits per heavy atom. The van der Waals surface area contributed by atoms with Crippen molar-refractivity contribution >= 4 is 11.6 Å². The lowest BCUT2D eigenvalue weighted by Gasteiger charge is -2.13. The first-order chi connectivity index (χ1) is 12.7. The zero-order valence-corrected chi connectivity index (χ0v) is 14.5. The van der Waals surface area contributed by atoms with Crippen LogP contribution in [0.3, 0.4) is 0 Å². The Kier molecular flexibility index (Phi) is 4.56. The predicted molar refractivity (Wildman–Crippen MR) is 99.6 cm³/mol. The van der Waals surface area contributed by atoms with Crippen LogP contribution in [0, 0.1) is 0 Å². The van der Waals surface area contributed by atoms with Crippen molar-refractivity contribution in [2.24, 2.45) is 0 Å². The molecule has 0 amide bonds. The minimum atomic E-state index is -0.686. The van der Waals surface area contributed by atoms with Gasteiger partial charge in [0.2, 0.25) is 0 Å². The maximum Gasteiger partial charge on any atom is 0.176 e. The molecule has 0 aliphatic heterocycles. The van der Waals surface area contributed by atoms with Gasteiger partial charge in [0, 0.05) is 35.9 Å². The van der Waals surface area contributed by atoms with Gasteiger partial charge < -0.3 is 14.1 Å². The summed E-state index contributed by atoms with van der Waals surface area (Å²) in [5.41, 5.74) is 1.58. The van der Waals surface area contributed by atoms with Gasteiger partial charge in [-0.2, -0.15) is 0 Å². The van der Waals surface area contributed by atoms with Gasteiger partial charge in [-0.25, -0.2) is 4.98 Å². The maximum absolute atomic E-state index is 10.4. The maximum atomic E-state index is 10.4. The molecular weight excluding hydrogens is 350 g/mol. The Morgan fingerprint density at radius 2 is 1.88 bits per heavy atom. The van der Waals surface area contributed by atoms with Crippen LogP contribution in [-0.4, -0.2) is 19.6 Å². The number of halogens is 1. The second-order valence-electron chi connectivity index (χ2n) is 5.85. The molecule has 1 atom stereocenters. The number of furan rings is 1. The molecule has 0 radical (unpaired) electrons. The molecule has 1 unspecified atom stereocenters. The van der Waals surface area contributed by atoms with Crippen molar-refractivity contribution in [2.45, 2.75) is 12.6 Å². The van der Waals surface area contributed by atoms with E-state index in [2.05, 4.69) is 9.97 Å². The first-order valence-corrected chi connectivity index (χ1v) is 8.54. The Morgan fingerprint density at radius 3 is 2.69 bits per heavy atom. The third-order valence-corrected chi connectivity index (χ3v) is 4.45. The first-order valence-electron chi connectivity index (χ1n) is 8.16. The largest absolute Gasteiger partial charge is 0.453 e. The van der Waals surface area contributed by atoms with E-state index in [0.717, 1.165) is 11.1 Å². The van der Waals surface area contributed by atoms with Crippen LogP contribution in [0.1, 0.15) is 11.7 Å². The highest BCUT2D eigenvalue weighted by Crippen LogP contribution is 2.32. The van der Waals surface area contributed by atoms with E-state index in [1.807, 2.05) is 53.2 Å². The van der Waals surface area contributed by atoms with Gasteiger partial charge in [-0.15, -0.1) is 0 Å². The predicted octanol–water partition coefficient (Wildman–Crippen LogP) is 4.59. The topological polar surface area (TPSA) is 64.1 Å². The summed E-state index contributed by atoms with van der Waals surface area (Å²) >= 11 is 6.24. The molecule has 1 aromatic carbocycles. The summed E-state index contributed by atoms with van der Waals surface area (Å²) in [6, 6.07) is 14.9. The molecular formula is C20H16ClN3O2. The fourth-order valence-electron chi connectivity index (χ4n) is 2.81. The average Bonchev–Trinajstić information content (AvgIpc) is 3.32. The molecule has 26 heavy (non-hydrogen) atoms. The molecule has 3 heterocycles. The van der Waals surface area contributed by atoms with Crippen LogP contribution in [0.5, 0.6) is 0 Å². The zero-order chi connectivity index (χ0) is 17.9. The summed E-state index contributed by atoms with van der Waals surface area (Å²) in [6.45, 7) is 0.350. The van der Waals surface area contributed by atoms with Crippen LogP contribution in [0.15, 0.2) is 77.7 Å². The van der Waals surface area contributed by atoms with Gasteiger partial charge in [-0.3, -0.25) is 4.98 Å². The van der Waals surface area contributed by atoms with Crippen molar-refractivity contribution in [1.29, 1.82) is 0 Å². The van der Waals surface area contributed by atoms with Crippen LogP contribution in [0.2, 0.25) is 5.02 Å². The Bertz CT molecular complexity index is 1010. The Labute approximate surface area is 155 Å². The van der Waals surface area contributed by atoms with Crippen molar-refractivity contribution in [3.8, 4) is 22.9 Å². The second kappa shape index (κ2) is 7.15. The van der Waals surface area contributed by atoms with Crippen molar-refractivity contribution < 1.29 is 9.52 Å². The number of rotatable bonds is 5. The lowest BCUT2D eigenvalue weighted by Crippen LogP contribution is -2.09. The van der Waals surface area contributed by atoms with E-state index in [-0.39, 0.29) is 0 Å². The Hall–Kier alpha value is -2.89. The smallest absolute Gasteiger partial charge is 0.176 e. The lowest BCUT2D eigenvalue weighted by atomic mass is 10.1. The van der Waals surface area contributed by atoms with Crippen LogP contribution in [-0.2, 0) is 6.54 Å². The fourth-order valence-corrected chi connectivity index (χ4v) is 3.04. The second-order valence-corrected chi connectivity index (χ2v) is 6.26. The molecule has 0 saturated carbocycles. The molecule has 0 saturated heterocycles. The molecule has 6 heteroatoms. The number of imidazole rings is 1. The number of benzene rings is 1. The van der Waals surface area contributed by atoms with E-state index >= 15 is 0 Å². The van der Waals surface area contributed by atoms with E-state index in [1.54, 1.807) is 24.7 Å². The van der Waals surface area contributed by atoms with E-state index < -0.39 is 6.10 Å². The van der Waals surface area contributed by atoms with Gasteiger partial charge in [0.25, 0.3) is 0 Å². The molecule has 1 N–H and O–H groups in total. The minimum Gasteiger partial charge on any atom is -0.453 e. The number of aliphatic hydroxyl groups is 1. The van der Waals surface area contributed by atoms with E-state index in [0.29, 0.717) is 28.9 Å². The summed E-state index contributed by atoms with van der Waals surface area (Å²) in [7, 11) is 0. The summed E-state index contributed by atoms with van der Waals surface area (Å²) < 4.78 is 7.82. The standard InChI is InChI=1S/C20H16ClN3O2/c21-16-6-2-1-5-15(16)18-7-8-19(26-18)20-23-10-11-24(20)13-17(25)14-4-3-9-22-12-14/h1-12,17,25H,13H2. The van der Waals surface area contributed by atoms with Crippen LogP contribution >= 0.6 is 11.6 Å². The quantitative estimate of drug-likeness (QED) is 0.561. The third kappa shape index (κ3) is 3.27. The van der Waals surface area contributed by atoms with Crippen molar-refractivity contribution in [3.05, 3.63) is 83.9 Å². The van der Waals surface area contributed by atoms with Crippen molar-refractivity contribution in [3.63, 3.8) is 0 Å². The third-order valence-electron chi connectivity index (χ3n) is 4.12. The molecule has 4 aromatic rings. The number of aliphatic hydroxyl groups excluding tert-OH is 1. The zero-order valence-electron chi connectivity index (χ0n) is 13.8. The van der Waals surface area contributed by atoms with Crippen LogP contribution in [0.4, 0.5) is 0 Å². The summed E-state index contributed by atoms with van der Waals surface area (Å²) in [5, 5.41) is 11.1. The molecule has 4 rings (SSSR count). The monoisotopic (exact) mass is 365 g/mol. The normalized spacial score (nSPS) is 12.2. The molecule has 3 aromatic heterocycles. The van der Waals surface area contributed by atoms with E-state index in [9.17, 15) is 5.11 Å². The van der Waals surface area contributed by atoms with Gasteiger partial charge in [0.1, 0.15) is 5.76 Å². The minimum absolute atomic E-state index is 0.350. The van der Waals surface area contributed by atoms with Gasteiger partial charge in [-0.1, -0.05) is 29.8 Å². The number of hydrogen-bond donors (Lipinski definition) is 1. The fraction of sp³-hybridized carbons (Fsp3) is 0.100. The van der Waals surface area contributed by atoms with Gasteiger partial charge in [-0.05, 0) is 30.3 Å². The van der Waals surface area contributed by atoms with Crippen molar-refractivity contribution in [2.75, 3.05) is 0 Å². The highest BCUT2D eigenvalue weighted by Gasteiger charge is 2.16. The van der Waals surface area contributed by atoms with Crippen LogP contribution < -0.4 is 0 Å². The SMILES string of the molecule is OC(Cn1ccnc1-c1ccc(-c2ccccc2Cl)o1)c1cccnc1. The van der Waals surface area contributed by atoms with Gasteiger partial charge in [0.05, 0.1) is 17.7 Å². The number of aromatic nitrogens is 3. The molecule has 130 valence electrons. The molecule has 0 fully saturated rings. The van der Waals surface area contributed by atoms with Crippen molar-refractivity contribution in [1.82, 2.24) is 14.5 Å². The highest BCUT2D eigenvalue weighted by molar-refractivity contribution is 6.33. The molecule has 0 aliphatic rings. The first kappa shape index (κ1) is 16.6. The molecule has 5 nitrogen and oxygen atoms in total. The van der Waals surface area contributed by atoms with Gasteiger partial charge >= 0.3 is 0 Å². The number of hydrogen-bond acceptors (Lipinski definition) is 4. The summed E-state index contributed by atoms with van der Waals surface area (Å²) in [4.78, 5) is 8.42. The number of nitrogens with zero attached hydrogens (tertiary/aromatic N) is 3.